The first kappa shape index (κ1) is 11.5. The van der Waals surface area contributed by atoms with Crippen molar-refractivity contribution in [3.8, 4) is 0 Å². The third-order valence-electron chi connectivity index (χ3n) is 2.38. The highest BCUT2D eigenvalue weighted by molar-refractivity contribution is 7.09. The molecule has 0 aromatic carbocycles. The largest absolute Gasteiger partial charge is 0.376 e. The number of Topliss-reactive ketones (excluding diaryl/α,β-unsaturated/α-hetero) is 1. The van der Waals surface area contributed by atoms with Crippen LogP contribution in [0.1, 0.15) is 25.6 Å². The lowest BCUT2D eigenvalue weighted by atomic mass is 10.2. The molecule has 6 heteroatoms. The van der Waals surface area contributed by atoms with Gasteiger partial charge in [0.25, 0.3) is 0 Å². The number of hydrogen-bond acceptors (Lipinski definition) is 6. The minimum Gasteiger partial charge on any atom is -0.376 e. The van der Waals surface area contributed by atoms with Gasteiger partial charge in [0.15, 0.2) is 5.82 Å². The van der Waals surface area contributed by atoms with Crippen molar-refractivity contribution in [3.63, 3.8) is 0 Å². The second-order valence-corrected chi connectivity index (χ2v) is 4.66. The summed E-state index contributed by atoms with van der Waals surface area (Å²) < 4.78 is 9.59. The van der Waals surface area contributed by atoms with Crippen molar-refractivity contribution >= 4 is 22.4 Å². The normalized spacial score (nSPS) is 19.9. The van der Waals surface area contributed by atoms with Crippen LogP contribution in [-0.2, 0) is 16.0 Å². The lowest BCUT2D eigenvalue weighted by Gasteiger charge is -2.08. The number of ether oxygens (including phenoxy) is 1. The van der Waals surface area contributed by atoms with Gasteiger partial charge in [0, 0.05) is 24.7 Å². The number of nitrogens with zero attached hydrogens (tertiary/aromatic N) is 2. The lowest BCUT2D eigenvalue weighted by molar-refractivity contribution is -0.116. The zero-order chi connectivity index (χ0) is 11.4. The van der Waals surface area contributed by atoms with Crippen LogP contribution in [0.5, 0.6) is 0 Å². The highest BCUT2D eigenvalue weighted by Crippen LogP contribution is 2.15. The monoisotopic (exact) mass is 241 g/mol. The molecule has 0 aliphatic carbocycles. The predicted octanol–water partition coefficient (Wildman–Crippen LogP) is 1.26. The molecular formula is C10H15N3O2S. The smallest absolute Gasteiger partial charge is 0.202 e. The molecule has 2 rings (SSSR count). The molecule has 1 saturated heterocycles. The van der Waals surface area contributed by atoms with Crippen LogP contribution in [-0.4, -0.2) is 34.4 Å². The van der Waals surface area contributed by atoms with Gasteiger partial charge in [0.1, 0.15) is 5.78 Å². The summed E-state index contributed by atoms with van der Waals surface area (Å²) in [6.07, 6.45) is 2.85. The van der Waals surface area contributed by atoms with E-state index >= 15 is 0 Å². The quantitative estimate of drug-likeness (QED) is 0.840. The van der Waals surface area contributed by atoms with Crippen LogP contribution in [0, 0.1) is 0 Å². The second-order valence-electron chi connectivity index (χ2n) is 3.91. The zero-order valence-electron chi connectivity index (χ0n) is 9.23. The van der Waals surface area contributed by atoms with E-state index in [1.807, 2.05) is 0 Å². The van der Waals surface area contributed by atoms with Crippen LogP contribution in [0.25, 0.3) is 0 Å². The summed E-state index contributed by atoms with van der Waals surface area (Å²) in [6, 6.07) is 0. The van der Waals surface area contributed by atoms with Crippen molar-refractivity contribution < 1.29 is 9.53 Å². The Hall–Kier alpha value is -1.01. The molecule has 0 spiro atoms. The van der Waals surface area contributed by atoms with Crippen LogP contribution in [0.3, 0.4) is 0 Å². The van der Waals surface area contributed by atoms with Crippen molar-refractivity contribution in [2.45, 2.75) is 32.3 Å². The first-order chi connectivity index (χ1) is 7.74. The van der Waals surface area contributed by atoms with Crippen LogP contribution < -0.4 is 5.32 Å². The number of ketones is 1. The van der Waals surface area contributed by atoms with Gasteiger partial charge >= 0.3 is 0 Å². The van der Waals surface area contributed by atoms with Crippen molar-refractivity contribution in [2.24, 2.45) is 0 Å². The highest BCUT2D eigenvalue weighted by atomic mass is 32.1. The van der Waals surface area contributed by atoms with Gasteiger partial charge in [-0.25, -0.2) is 4.98 Å². The van der Waals surface area contributed by atoms with E-state index in [1.165, 1.54) is 11.5 Å². The van der Waals surface area contributed by atoms with E-state index in [-0.39, 0.29) is 5.78 Å². The van der Waals surface area contributed by atoms with Crippen molar-refractivity contribution in [1.29, 1.82) is 0 Å². The maximum Gasteiger partial charge on any atom is 0.202 e. The van der Waals surface area contributed by atoms with Crippen molar-refractivity contribution in [2.75, 3.05) is 18.5 Å². The van der Waals surface area contributed by atoms with Gasteiger partial charge in [-0.2, -0.15) is 4.37 Å². The van der Waals surface area contributed by atoms with Crippen LogP contribution in [0.4, 0.5) is 5.13 Å². The van der Waals surface area contributed by atoms with Gasteiger partial charge in [-0.3, -0.25) is 4.79 Å². The summed E-state index contributed by atoms with van der Waals surface area (Å²) in [5.74, 6) is 0.691. The molecule has 1 aliphatic rings. The SMILES string of the molecule is CC(=O)Cc1nsc(NC[C@@H]2CCCO2)n1. The fourth-order valence-corrected chi connectivity index (χ4v) is 2.22. The molecule has 0 radical (unpaired) electrons. The van der Waals surface area contributed by atoms with Gasteiger partial charge < -0.3 is 10.1 Å². The molecule has 0 amide bonds. The number of carbonyl (C=O) groups is 1. The maximum absolute atomic E-state index is 10.9. The summed E-state index contributed by atoms with van der Waals surface area (Å²) in [5.41, 5.74) is 0. The Kier molecular flexibility index (Phi) is 3.84. The first-order valence-corrected chi connectivity index (χ1v) is 6.19. The summed E-state index contributed by atoms with van der Waals surface area (Å²) >= 11 is 1.29. The average molecular weight is 241 g/mol. The molecular weight excluding hydrogens is 226 g/mol. The summed E-state index contributed by atoms with van der Waals surface area (Å²) in [6.45, 7) is 3.17. The number of hydrogen-bond donors (Lipinski definition) is 1. The molecule has 1 N–H and O–H groups in total. The Balaban J connectivity index is 1.80. The number of aromatic nitrogens is 2. The number of carbonyl (C=O) groups excluding carboxylic acids is 1. The number of anilines is 1. The van der Waals surface area contributed by atoms with Gasteiger partial charge in [0.05, 0.1) is 12.5 Å². The molecule has 16 heavy (non-hydrogen) atoms. The Morgan fingerprint density at radius 1 is 1.69 bits per heavy atom. The highest BCUT2D eigenvalue weighted by Gasteiger charge is 2.15. The molecule has 0 bridgehead atoms. The third kappa shape index (κ3) is 3.24. The average Bonchev–Trinajstić information content (AvgIpc) is 2.84. The summed E-state index contributed by atoms with van der Waals surface area (Å²) in [4.78, 5) is 15.1. The molecule has 1 fully saturated rings. The van der Waals surface area contributed by atoms with Gasteiger partial charge in [-0.05, 0) is 19.8 Å². The summed E-state index contributed by atoms with van der Waals surface area (Å²) in [5, 5.41) is 3.96. The molecule has 1 aromatic rings. The maximum atomic E-state index is 10.9. The van der Waals surface area contributed by atoms with E-state index in [4.69, 9.17) is 4.74 Å². The lowest BCUT2D eigenvalue weighted by Crippen LogP contribution is -2.18. The van der Waals surface area contributed by atoms with Gasteiger partial charge in [0.2, 0.25) is 5.13 Å². The van der Waals surface area contributed by atoms with E-state index in [9.17, 15) is 4.79 Å². The van der Waals surface area contributed by atoms with Crippen molar-refractivity contribution in [3.05, 3.63) is 5.82 Å². The topological polar surface area (TPSA) is 64.1 Å². The second kappa shape index (κ2) is 5.36. The van der Waals surface area contributed by atoms with Gasteiger partial charge in [-0.1, -0.05) is 0 Å². The van der Waals surface area contributed by atoms with E-state index < -0.39 is 0 Å². The molecule has 88 valence electrons. The molecule has 1 aliphatic heterocycles. The fraction of sp³-hybridized carbons (Fsp3) is 0.700. The Bertz CT molecular complexity index is 361. The Labute approximate surface area is 98.4 Å². The Morgan fingerprint density at radius 2 is 2.56 bits per heavy atom. The molecule has 0 unspecified atom stereocenters. The molecule has 1 aromatic heterocycles. The number of nitrogens with one attached hydrogen (secondary N) is 1. The van der Waals surface area contributed by atoms with E-state index in [0.717, 1.165) is 31.1 Å². The predicted molar refractivity (Wildman–Crippen MR) is 61.8 cm³/mol. The zero-order valence-corrected chi connectivity index (χ0v) is 10.0. The first-order valence-electron chi connectivity index (χ1n) is 5.41. The van der Waals surface area contributed by atoms with Crippen molar-refractivity contribution in [1.82, 2.24) is 9.36 Å². The molecule has 5 nitrogen and oxygen atoms in total. The molecule has 1 atom stereocenters. The van der Waals surface area contributed by atoms with Crippen LogP contribution in [0.15, 0.2) is 0 Å². The third-order valence-corrected chi connectivity index (χ3v) is 3.09. The fourth-order valence-electron chi connectivity index (χ4n) is 1.63. The minimum absolute atomic E-state index is 0.0866. The molecule has 0 saturated carbocycles. The summed E-state index contributed by atoms with van der Waals surface area (Å²) in [7, 11) is 0. The molecule has 2 heterocycles. The Morgan fingerprint density at radius 3 is 3.25 bits per heavy atom. The van der Waals surface area contributed by atoms with Gasteiger partial charge in [-0.15, -0.1) is 0 Å². The standard InChI is InChI=1S/C10H15N3O2S/c1-7(14)5-9-12-10(16-13-9)11-6-8-3-2-4-15-8/h8H,2-6H2,1H3,(H,11,12,13)/t8-/m0/s1. The van der Waals surface area contributed by atoms with E-state index in [2.05, 4.69) is 14.7 Å². The van der Waals surface area contributed by atoms with Crippen LogP contribution in [0.2, 0.25) is 0 Å². The van der Waals surface area contributed by atoms with E-state index in [0.29, 0.717) is 18.3 Å². The minimum atomic E-state index is 0.0866. The number of rotatable bonds is 5. The van der Waals surface area contributed by atoms with E-state index in [1.54, 1.807) is 6.92 Å². The van der Waals surface area contributed by atoms with Crippen LogP contribution >= 0.6 is 11.5 Å².